The lowest BCUT2D eigenvalue weighted by atomic mass is 9.95. The van der Waals surface area contributed by atoms with Crippen LogP contribution in [0, 0.1) is 13.8 Å². The second kappa shape index (κ2) is 5.85. The molecule has 0 radical (unpaired) electrons. The summed E-state index contributed by atoms with van der Waals surface area (Å²) < 4.78 is 0. The number of fused-ring (bicyclic) bond motifs is 2. The number of hydrogen-bond donors (Lipinski definition) is 1. The lowest BCUT2D eigenvalue weighted by molar-refractivity contribution is 0.0993. The van der Waals surface area contributed by atoms with Crippen molar-refractivity contribution in [2.45, 2.75) is 19.9 Å². The Kier molecular flexibility index (Phi) is 3.44. The van der Waals surface area contributed by atoms with E-state index in [1.54, 1.807) is 0 Å². The van der Waals surface area contributed by atoms with Gasteiger partial charge in [-0.2, -0.15) is 0 Å². The molecule has 5 rings (SSSR count). The molecule has 0 aliphatic carbocycles. The average molecular weight is 352 g/mol. The third-order valence-corrected chi connectivity index (χ3v) is 5.49. The van der Waals surface area contributed by atoms with Gasteiger partial charge in [-0.1, -0.05) is 54.1 Å². The number of carbonyl (C=O) groups is 1. The van der Waals surface area contributed by atoms with E-state index >= 15 is 0 Å². The van der Waals surface area contributed by atoms with Crippen molar-refractivity contribution in [3.05, 3.63) is 101 Å². The first kappa shape index (κ1) is 15.9. The highest BCUT2D eigenvalue weighted by molar-refractivity contribution is 6.12. The monoisotopic (exact) mass is 352 g/mol. The summed E-state index contributed by atoms with van der Waals surface area (Å²) in [7, 11) is 0. The van der Waals surface area contributed by atoms with E-state index in [0.717, 1.165) is 28.0 Å². The minimum Gasteiger partial charge on any atom is -0.358 e. The maximum absolute atomic E-state index is 13.4. The summed E-state index contributed by atoms with van der Waals surface area (Å²) in [4.78, 5) is 18.8. The second-order valence-corrected chi connectivity index (χ2v) is 7.21. The Morgan fingerprint density at radius 1 is 0.852 bits per heavy atom. The first-order valence-electron chi connectivity index (χ1n) is 9.21. The number of para-hydroxylation sites is 1. The van der Waals surface area contributed by atoms with Crippen LogP contribution in [-0.4, -0.2) is 10.9 Å². The lowest BCUT2D eigenvalue weighted by Crippen LogP contribution is -2.28. The van der Waals surface area contributed by atoms with Gasteiger partial charge in [0.25, 0.3) is 5.91 Å². The maximum Gasteiger partial charge on any atom is 0.259 e. The van der Waals surface area contributed by atoms with Gasteiger partial charge in [0.2, 0.25) is 0 Å². The van der Waals surface area contributed by atoms with Gasteiger partial charge in [-0.25, -0.2) is 0 Å². The van der Waals surface area contributed by atoms with Crippen LogP contribution < -0.4 is 4.90 Å². The molecule has 4 aromatic rings. The number of aryl methyl sites for hydroxylation is 2. The van der Waals surface area contributed by atoms with Crippen molar-refractivity contribution in [2.24, 2.45) is 0 Å². The zero-order valence-electron chi connectivity index (χ0n) is 15.4. The molecule has 0 saturated carbocycles. The zero-order valence-corrected chi connectivity index (χ0v) is 15.4. The van der Waals surface area contributed by atoms with Crippen molar-refractivity contribution in [3.8, 4) is 0 Å². The number of aromatic nitrogens is 1. The Balaban J connectivity index is 1.79. The van der Waals surface area contributed by atoms with Crippen LogP contribution >= 0.6 is 0 Å². The van der Waals surface area contributed by atoms with Crippen molar-refractivity contribution < 1.29 is 4.79 Å². The van der Waals surface area contributed by atoms with Gasteiger partial charge < -0.3 is 4.98 Å². The molecule has 3 aromatic carbocycles. The molecule has 1 aromatic heterocycles. The first-order chi connectivity index (χ1) is 13.1. The Bertz CT molecular complexity index is 1170. The number of H-pyrrole nitrogens is 1. The topological polar surface area (TPSA) is 36.1 Å². The molecule has 0 fully saturated rings. The summed E-state index contributed by atoms with van der Waals surface area (Å²) in [6.07, 6.45) is 0. The molecule has 0 saturated heterocycles. The van der Waals surface area contributed by atoms with Gasteiger partial charge in [-0.05, 0) is 43.7 Å². The quantitative estimate of drug-likeness (QED) is 0.505. The largest absolute Gasteiger partial charge is 0.358 e. The molecular weight excluding hydrogens is 332 g/mol. The SMILES string of the molecule is Cc1ccc(N2C(=O)c3ccccc3[C@@H]2c2c(C)[nH]c3ccccc23)cc1. The van der Waals surface area contributed by atoms with Crippen LogP contribution in [0.2, 0.25) is 0 Å². The van der Waals surface area contributed by atoms with Crippen molar-refractivity contribution >= 4 is 22.5 Å². The number of amides is 1. The van der Waals surface area contributed by atoms with Crippen molar-refractivity contribution in [3.63, 3.8) is 0 Å². The summed E-state index contributed by atoms with van der Waals surface area (Å²) >= 11 is 0. The molecule has 1 aliphatic rings. The molecule has 0 spiro atoms. The fourth-order valence-corrected chi connectivity index (χ4v) is 4.22. The molecule has 27 heavy (non-hydrogen) atoms. The third kappa shape index (κ3) is 2.32. The second-order valence-electron chi connectivity index (χ2n) is 7.21. The highest BCUT2D eigenvalue weighted by Crippen LogP contribution is 2.44. The lowest BCUT2D eigenvalue weighted by Gasteiger charge is -2.26. The molecule has 1 amide bonds. The van der Waals surface area contributed by atoms with Crippen LogP contribution in [0.3, 0.4) is 0 Å². The van der Waals surface area contributed by atoms with Gasteiger partial charge in [-0.3, -0.25) is 9.69 Å². The van der Waals surface area contributed by atoms with E-state index in [-0.39, 0.29) is 11.9 Å². The number of hydrogen-bond acceptors (Lipinski definition) is 1. The van der Waals surface area contributed by atoms with Gasteiger partial charge in [0, 0.05) is 33.4 Å². The van der Waals surface area contributed by atoms with Crippen LogP contribution in [0.4, 0.5) is 5.69 Å². The summed E-state index contributed by atoms with van der Waals surface area (Å²) in [5.41, 5.74) is 7.33. The minimum absolute atomic E-state index is 0.0594. The summed E-state index contributed by atoms with van der Waals surface area (Å²) in [6, 6.07) is 24.3. The first-order valence-corrected chi connectivity index (χ1v) is 9.21. The molecule has 1 N–H and O–H groups in total. The number of nitrogens with zero attached hydrogens (tertiary/aromatic N) is 1. The van der Waals surface area contributed by atoms with Crippen molar-refractivity contribution in [2.75, 3.05) is 4.90 Å². The molecule has 132 valence electrons. The fourth-order valence-electron chi connectivity index (χ4n) is 4.22. The molecule has 1 atom stereocenters. The molecule has 2 heterocycles. The normalized spacial score (nSPS) is 16.1. The molecule has 0 bridgehead atoms. The Hall–Kier alpha value is -3.33. The molecule has 3 heteroatoms. The Morgan fingerprint density at radius 3 is 2.37 bits per heavy atom. The molecular formula is C24H20N2O. The molecule has 3 nitrogen and oxygen atoms in total. The van der Waals surface area contributed by atoms with Gasteiger partial charge >= 0.3 is 0 Å². The summed E-state index contributed by atoms with van der Waals surface area (Å²) in [5, 5.41) is 1.17. The van der Waals surface area contributed by atoms with Crippen molar-refractivity contribution in [1.82, 2.24) is 4.98 Å². The van der Waals surface area contributed by atoms with E-state index < -0.39 is 0 Å². The van der Waals surface area contributed by atoms with E-state index in [0.29, 0.717) is 0 Å². The summed E-state index contributed by atoms with van der Waals surface area (Å²) in [6.45, 7) is 4.15. The van der Waals surface area contributed by atoms with Crippen LogP contribution in [0.1, 0.15) is 38.8 Å². The Labute approximate surface area is 158 Å². The minimum atomic E-state index is -0.132. The van der Waals surface area contributed by atoms with Gasteiger partial charge in [-0.15, -0.1) is 0 Å². The van der Waals surface area contributed by atoms with Crippen LogP contribution in [-0.2, 0) is 0 Å². The van der Waals surface area contributed by atoms with Gasteiger partial charge in [0.05, 0.1) is 6.04 Å². The Morgan fingerprint density at radius 2 is 1.56 bits per heavy atom. The van der Waals surface area contributed by atoms with Crippen LogP contribution in [0.5, 0.6) is 0 Å². The smallest absolute Gasteiger partial charge is 0.259 e. The third-order valence-electron chi connectivity index (χ3n) is 5.49. The number of nitrogens with one attached hydrogen (secondary N) is 1. The van der Waals surface area contributed by atoms with Crippen molar-refractivity contribution in [1.29, 1.82) is 0 Å². The predicted octanol–water partition coefficient (Wildman–Crippen LogP) is 5.53. The van der Waals surface area contributed by atoms with Gasteiger partial charge in [0.1, 0.15) is 0 Å². The van der Waals surface area contributed by atoms with E-state index in [1.165, 1.54) is 16.5 Å². The van der Waals surface area contributed by atoms with E-state index in [9.17, 15) is 4.79 Å². The molecule has 1 aliphatic heterocycles. The van der Waals surface area contributed by atoms with E-state index in [2.05, 4.69) is 55.2 Å². The fraction of sp³-hybridized carbons (Fsp3) is 0.125. The van der Waals surface area contributed by atoms with E-state index in [4.69, 9.17) is 0 Å². The zero-order chi connectivity index (χ0) is 18.5. The van der Waals surface area contributed by atoms with E-state index in [1.807, 2.05) is 41.3 Å². The van der Waals surface area contributed by atoms with Crippen LogP contribution in [0.25, 0.3) is 10.9 Å². The number of aromatic amines is 1. The average Bonchev–Trinajstić information content (AvgIpc) is 3.16. The number of rotatable bonds is 2. The predicted molar refractivity (Wildman–Crippen MR) is 109 cm³/mol. The molecule has 0 unspecified atom stereocenters. The highest BCUT2D eigenvalue weighted by atomic mass is 16.2. The highest BCUT2D eigenvalue weighted by Gasteiger charge is 2.40. The number of benzene rings is 3. The number of carbonyl (C=O) groups excluding carboxylic acids is 1. The van der Waals surface area contributed by atoms with Gasteiger partial charge in [0.15, 0.2) is 0 Å². The standard InChI is InChI=1S/C24H20N2O/c1-15-11-13-17(14-12-15)26-23(18-7-3-4-8-19(18)24(26)27)22-16(2)25-21-10-6-5-9-20(21)22/h3-14,23,25H,1-2H3/t23-/m1/s1. The number of anilines is 1. The summed E-state index contributed by atoms with van der Waals surface area (Å²) in [5.74, 6) is 0.0594. The van der Waals surface area contributed by atoms with Crippen LogP contribution in [0.15, 0.2) is 72.8 Å². The maximum atomic E-state index is 13.4.